The zero-order valence-electron chi connectivity index (χ0n) is 11.7. The van der Waals surface area contributed by atoms with E-state index in [2.05, 4.69) is 35.6 Å². The van der Waals surface area contributed by atoms with Gasteiger partial charge in [-0.25, -0.2) is 0 Å². The number of anilines is 1. The number of nitrogens with one attached hydrogen (secondary N) is 1. The van der Waals surface area contributed by atoms with Crippen LogP contribution in [0.5, 0.6) is 0 Å². The SMILES string of the molecule is Cc1ccc(NCCCc2ccccc2)c(C(N)=S)c1. The topological polar surface area (TPSA) is 38.0 Å². The standard InChI is InChI=1S/C17H20N2S/c1-13-9-10-16(15(12-13)17(18)20)19-11-5-8-14-6-3-2-4-7-14/h2-4,6-7,9-10,12,19H,5,8,11H2,1H3,(H2,18,20). The van der Waals surface area contributed by atoms with Gasteiger partial charge >= 0.3 is 0 Å². The van der Waals surface area contributed by atoms with Crippen molar-refractivity contribution in [2.24, 2.45) is 5.73 Å². The summed E-state index contributed by atoms with van der Waals surface area (Å²) in [5, 5.41) is 3.42. The largest absolute Gasteiger partial charge is 0.389 e. The molecule has 2 aromatic rings. The van der Waals surface area contributed by atoms with Gasteiger partial charge in [0.05, 0.1) is 0 Å². The van der Waals surface area contributed by atoms with E-state index in [-0.39, 0.29) is 0 Å². The molecular weight excluding hydrogens is 264 g/mol. The molecule has 0 radical (unpaired) electrons. The van der Waals surface area contributed by atoms with Crippen molar-refractivity contribution in [3.05, 3.63) is 65.2 Å². The van der Waals surface area contributed by atoms with Gasteiger partial charge in [0.15, 0.2) is 0 Å². The lowest BCUT2D eigenvalue weighted by molar-refractivity contribution is 0.863. The van der Waals surface area contributed by atoms with Crippen LogP contribution in [0.25, 0.3) is 0 Å². The summed E-state index contributed by atoms with van der Waals surface area (Å²) in [6.07, 6.45) is 2.15. The zero-order chi connectivity index (χ0) is 14.4. The number of hydrogen-bond donors (Lipinski definition) is 2. The van der Waals surface area contributed by atoms with Crippen LogP contribution in [0.3, 0.4) is 0 Å². The number of aryl methyl sites for hydroxylation is 2. The molecule has 0 bridgehead atoms. The van der Waals surface area contributed by atoms with Crippen molar-refractivity contribution in [3.63, 3.8) is 0 Å². The summed E-state index contributed by atoms with van der Waals surface area (Å²) in [5.41, 5.74) is 10.3. The third-order valence-corrected chi connectivity index (χ3v) is 3.46. The molecule has 104 valence electrons. The fourth-order valence-corrected chi connectivity index (χ4v) is 2.35. The second-order valence-corrected chi connectivity index (χ2v) is 5.37. The lowest BCUT2D eigenvalue weighted by Crippen LogP contribution is -2.14. The molecule has 0 aliphatic heterocycles. The summed E-state index contributed by atoms with van der Waals surface area (Å²) in [6, 6.07) is 16.7. The van der Waals surface area contributed by atoms with Crippen LogP contribution < -0.4 is 11.1 Å². The molecule has 0 amide bonds. The van der Waals surface area contributed by atoms with E-state index in [4.69, 9.17) is 18.0 Å². The first-order valence-corrected chi connectivity index (χ1v) is 7.26. The van der Waals surface area contributed by atoms with E-state index in [1.54, 1.807) is 0 Å². The first-order chi connectivity index (χ1) is 9.66. The molecule has 0 aromatic heterocycles. The minimum Gasteiger partial charge on any atom is -0.389 e. The molecule has 0 unspecified atom stereocenters. The van der Waals surface area contributed by atoms with Crippen LogP contribution in [-0.2, 0) is 6.42 Å². The van der Waals surface area contributed by atoms with Crippen molar-refractivity contribution < 1.29 is 0 Å². The van der Waals surface area contributed by atoms with E-state index in [9.17, 15) is 0 Å². The second-order valence-electron chi connectivity index (χ2n) is 4.93. The average Bonchev–Trinajstić information content (AvgIpc) is 2.45. The van der Waals surface area contributed by atoms with Gasteiger partial charge in [0.1, 0.15) is 4.99 Å². The lowest BCUT2D eigenvalue weighted by atomic mass is 10.1. The summed E-state index contributed by atoms with van der Waals surface area (Å²) in [6.45, 7) is 2.95. The molecule has 0 fully saturated rings. The average molecular weight is 284 g/mol. The molecule has 0 heterocycles. The molecule has 2 nitrogen and oxygen atoms in total. The number of hydrogen-bond acceptors (Lipinski definition) is 2. The Hall–Kier alpha value is -1.87. The van der Waals surface area contributed by atoms with Crippen molar-refractivity contribution in [2.75, 3.05) is 11.9 Å². The van der Waals surface area contributed by atoms with Gasteiger partial charge in [-0.3, -0.25) is 0 Å². The van der Waals surface area contributed by atoms with E-state index in [0.717, 1.165) is 30.6 Å². The summed E-state index contributed by atoms with van der Waals surface area (Å²) in [4.78, 5) is 0.444. The minimum absolute atomic E-state index is 0.444. The number of nitrogens with two attached hydrogens (primary N) is 1. The summed E-state index contributed by atoms with van der Waals surface area (Å²) in [5.74, 6) is 0. The molecule has 0 aliphatic rings. The van der Waals surface area contributed by atoms with Crippen LogP contribution in [-0.4, -0.2) is 11.5 Å². The highest BCUT2D eigenvalue weighted by Crippen LogP contribution is 2.17. The van der Waals surface area contributed by atoms with Crippen LogP contribution in [0.4, 0.5) is 5.69 Å². The van der Waals surface area contributed by atoms with Gasteiger partial charge in [0, 0.05) is 17.8 Å². The molecule has 2 rings (SSSR count). The van der Waals surface area contributed by atoms with Crippen molar-refractivity contribution in [1.82, 2.24) is 0 Å². The van der Waals surface area contributed by atoms with Crippen molar-refractivity contribution in [2.45, 2.75) is 19.8 Å². The van der Waals surface area contributed by atoms with E-state index < -0.39 is 0 Å². The van der Waals surface area contributed by atoms with Crippen LogP contribution in [0, 0.1) is 6.92 Å². The normalized spacial score (nSPS) is 10.2. The Morgan fingerprint density at radius 3 is 2.60 bits per heavy atom. The number of benzene rings is 2. The zero-order valence-corrected chi connectivity index (χ0v) is 12.5. The Labute approximate surface area is 126 Å². The highest BCUT2D eigenvalue weighted by atomic mass is 32.1. The van der Waals surface area contributed by atoms with E-state index in [1.165, 1.54) is 11.1 Å². The molecule has 0 aliphatic carbocycles. The van der Waals surface area contributed by atoms with Crippen LogP contribution >= 0.6 is 12.2 Å². The molecule has 3 N–H and O–H groups in total. The lowest BCUT2D eigenvalue weighted by Gasteiger charge is -2.12. The molecule has 0 saturated carbocycles. The first-order valence-electron chi connectivity index (χ1n) is 6.85. The molecule has 2 aromatic carbocycles. The molecule has 0 atom stereocenters. The Balaban J connectivity index is 1.90. The Bertz CT molecular complexity index is 579. The summed E-state index contributed by atoms with van der Waals surface area (Å²) < 4.78 is 0. The fourth-order valence-electron chi connectivity index (χ4n) is 2.18. The number of thiocarbonyl (C=S) groups is 1. The highest BCUT2D eigenvalue weighted by molar-refractivity contribution is 7.80. The summed E-state index contributed by atoms with van der Waals surface area (Å²) >= 11 is 5.10. The Morgan fingerprint density at radius 2 is 1.90 bits per heavy atom. The van der Waals surface area contributed by atoms with Gasteiger partial charge in [-0.05, 0) is 37.5 Å². The second kappa shape index (κ2) is 7.06. The fraction of sp³-hybridized carbons (Fsp3) is 0.235. The predicted molar refractivity (Wildman–Crippen MR) is 90.3 cm³/mol. The first kappa shape index (κ1) is 14.5. The van der Waals surface area contributed by atoms with Crippen molar-refractivity contribution in [3.8, 4) is 0 Å². The van der Waals surface area contributed by atoms with Crippen LogP contribution in [0.1, 0.15) is 23.1 Å². The predicted octanol–water partition coefficient (Wildman–Crippen LogP) is 3.67. The molecule has 20 heavy (non-hydrogen) atoms. The maximum atomic E-state index is 5.77. The van der Waals surface area contributed by atoms with Crippen molar-refractivity contribution >= 4 is 22.9 Å². The van der Waals surface area contributed by atoms with Gasteiger partial charge in [0.2, 0.25) is 0 Å². The monoisotopic (exact) mass is 284 g/mol. The molecular formula is C17H20N2S. The Morgan fingerprint density at radius 1 is 1.15 bits per heavy atom. The van der Waals surface area contributed by atoms with Gasteiger partial charge in [-0.15, -0.1) is 0 Å². The van der Waals surface area contributed by atoms with Gasteiger partial charge in [-0.1, -0.05) is 54.2 Å². The van der Waals surface area contributed by atoms with Gasteiger partial charge in [0.25, 0.3) is 0 Å². The van der Waals surface area contributed by atoms with E-state index in [0.29, 0.717) is 4.99 Å². The third kappa shape index (κ3) is 4.07. The van der Waals surface area contributed by atoms with Gasteiger partial charge in [-0.2, -0.15) is 0 Å². The maximum Gasteiger partial charge on any atom is 0.106 e. The van der Waals surface area contributed by atoms with Crippen LogP contribution in [0.2, 0.25) is 0 Å². The minimum atomic E-state index is 0.444. The van der Waals surface area contributed by atoms with E-state index in [1.807, 2.05) is 25.1 Å². The van der Waals surface area contributed by atoms with Gasteiger partial charge < -0.3 is 11.1 Å². The molecule has 3 heteroatoms. The molecule has 0 spiro atoms. The van der Waals surface area contributed by atoms with Crippen LogP contribution in [0.15, 0.2) is 48.5 Å². The number of rotatable bonds is 6. The quantitative estimate of drug-likeness (QED) is 0.628. The Kier molecular flexibility index (Phi) is 5.13. The highest BCUT2D eigenvalue weighted by Gasteiger charge is 2.04. The maximum absolute atomic E-state index is 5.77. The van der Waals surface area contributed by atoms with E-state index >= 15 is 0 Å². The third-order valence-electron chi connectivity index (χ3n) is 3.24. The molecule has 0 saturated heterocycles. The smallest absolute Gasteiger partial charge is 0.106 e. The van der Waals surface area contributed by atoms with Crippen molar-refractivity contribution in [1.29, 1.82) is 0 Å². The summed E-state index contributed by atoms with van der Waals surface area (Å²) in [7, 11) is 0.